The number of halogens is 4. The van der Waals surface area contributed by atoms with Gasteiger partial charge in [-0.1, -0.05) is 22.0 Å². The molecule has 0 radical (unpaired) electrons. The maximum absolute atomic E-state index is 13.7. The summed E-state index contributed by atoms with van der Waals surface area (Å²) in [5.41, 5.74) is 0.719. The van der Waals surface area contributed by atoms with Crippen molar-refractivity contribution in [2.75, 3.05) is 0 Å². The number of rotatable bonds is 3. The van der Waals surface area contributed by atoms with Crippen LogP contribution in [-0.2, 0) is 5.88 Å². The molecular formula is C13H8Br2ClFO. The van der Waals surface area contributed by atoms with E-state index < -0.39 is 5.82 Å². The van der Waals surface area contributed by atoms with E-state index in [0.29, 0.717) is 5.75 Å². The van der Waals surface area contributed by atoms with E-state index in [9.17, 15) is 4.39 Å². The lowest BCUT2D eigenvalue weighted by Crippen LogP contribution is -1.91. The lowest BCUT2D eigenvalue weighted by Gasteiger charge is -2.09. The molecule has 0 aromatic heterocycles. The van der Waals surface area contributed by atoms with E-state index in [0.717, 1.165) is 14.5 Å². The second-order valence-electron chi connectivity index (χ2n) is 3.58. The molecule has 0 amide bonds. The fourth-order valence-corrected chi connectivity index (χ4v) is 2.68. The van der Waals surface area contributed by atoms with Gasteiger partial charge in [0.05, 0.1) is 4.47 Å². The van der Waals surface area contributed by atoms with Gasteiger partial charge in [0, 0.05) is 10.4 Å². The highest BCUT2D eigenvalue weighted by molar-refractivity contribution is 9.11. The Bertz CT molecular complexity index is 575. The van der Waals surface area contributed by atoms with Crippen LogP contribution in [0, 0.1) is 5.82 Å². The molecule has 0 bridgehead atoms. The Hall–Kier alpha value is -0.580. The second kappa shape index (κ2) is 6.04. The molecule has 0 spiro atoms. The normalized spacial score (nSPS) is 10.4. The molecule has 0 atom stereocenters. The molecule has 94 valence electrons. The van der Waals surface area contributed by atoms with Gasteiger partial charge in [0.1, 0.15) is 5.75 Å². The molecule has 0 aliphatic carbocycles. The second-order valence-corrected chi connectivity index (χ2v) is 5.61. The first kappa shape index (κ1) is 13.8. The summed E-state index contributed by atoms with van der Waals surface area (Å²) in [6, 6.07) is 10.1. The van der Waals surface area contributed by atoms with Crippen molar-refractivity contribution in [3.05, 3.63) is 56.7 Å². The summed E-state index contributed by atoms with van der Waals surface area (Å²) in [5.74, 6) is 0.574. The van der Waals surface area contributed by atoms with Crippen LogP contribution in [0.4, 0.5) is 4.39 Å². The predicted octanol–water partition coefficient (Wildman–Crippen LogP) is 5.88. The molecule has 0 saturated carbocycles. The van der Waals surface area contributed by atoms with E-state index in [2.05, 4.69) is 31.9 Å². The van der Waals surface area contributed by atoms with E-state index in [1.807, 2.05) is 12.1 Å². The summed E-state index contributed by atoms with van der Waals surface area (Å²) in [7, 11) is 0. The van der Waals surface area contributed by atoms with Crippen LogP contribution in [0.25, 0.3) is 0 Å². The van der Waals surface area contributed by atoms with E-state index >= 15 is 0 Å². The fraction of sp³-hybridized carbons (Fsp3) is 0.0769. The van der Waals surface area contributed by atoms with Crippen molar-refractivity contribution in [2.24, 2.45) is 0 Å². The molecule has 0 aliphatic rings. The van der Waals surface area contributed by atoms with Crippen LogP contribution in [0.3, 0.4) is 0 Å². The van der Waals surface area contributed by atoms with Crippen LogP contribution in [0.1, 0.15) is 5.56 Å². The largest absolute Gasteiger partial charge is 0.453 e. The molecular weight excluding hydrogens is 386 g/mol. The molecule has 2 aromatic rings. The van der Waals surface area contributed by atoms with E-state index in [1.54, 1.807) is 18.2 Å². The Morgan fingerprint density at radius 3 is 2.39 bits per heavy atom. The molecule has 0 fully saturated rings. The first-order valence-electron chi connectivity index (χ1n) is 5.07. The Morgan fingerprint density at radius 2 is 1.78 bits per heavy atom. The molecule has 18 heavy (non-hydrogen) atoms. The molecule has 2 aromatic carbocycles. The molecule has 0 unspecified atom stereocenters. The summed E-state index contributed by atoms with van der Waals surface area (Å²) in [6.07, 6.45) is 0. The maximum Gasteiger partial charge on any atom is 0.166 e. The third-order valence-corrected chi connectivity index (χ3v) is 3.69. The number of benzene rings is 2. The standard InChI is InChI=1S/C13H8Br2ClFO/c14-9-2-4-12(10(15)6-9)18-13-3-1-8(7-16)5-11(13)17/h1-6H,7H2. The van der Waals surface area contributed by atoms with Crippen molar-refractivity contribution in [3.8, 4) is 11.5 Å². The van der Waals surface area contributed by atoms with Gasteiger partial charge in [0.15, 0.2) is 11.6 Å². The van der Waals surface area contributed by atoms with Gasteiger partial charge in [-0.25, -0.2) is 4.39 Å². The van der Waals surface area contributed by atoms with Crippen molar-refractivity contribution in [3.63, 3.8) is 0 Å². The third-order valence-electron chi connectivity index (χ3n) is 2.26. The number of ether oxygens (including phenoxy) is 1. The smallest absolute Gasteiger partial charge is 0.166 e. The molecule has 1 nitrogen and oxygen atoms in total. The summed E-state index contributed by atoms with van der Waals surface area (Å²) in [5, 5.41) is 0. The zero-order chi connectivity index (χ0) is 13.1. The van der Waals surface area contributed by atoms with E-state index in [-0.39, 0.29) is 11.6 Å². The van der Waals surface area contributed by atoms with Crippen molar-refractivity contribution in [1.29, 1.82) is 0 Å². The van der Waals surface area contributed by atoms with E-state index in [4.69, 9.17) is 16.3 Å². The summed E-state index contributed by atoms with van der Waals surface area (Å²) in [6.45, 7) is 0. The van der Waals surface area contributed by atoms with Gasteiger partial charge in [-0.15, -0.1) is 11.6 Å². The molecule has 0 N–H and O–H groups in total. The summed E-state index contributed by atoms with van der Waals surface area (Å²) >= 11 is 12.3. The molecule has 0 heterocycles. The first-order chi connectivity index (χ1) is 8.60. The van der Waals surface area contributed by atoms with Crippen LogP contribution in [0.5, 0.6) is 11.5 Å². The van der Waals surface area contributed by atoms with Crippen LogP contribution in [-0.4, -0.2) is 0 Å². The van der Waals surface area contributed by atoms with E-state index in [1.165, 1.54) is 6.07 Å². The number of hydrogen-bond donors (Lipinski definition) is 0. The molecule has 0 saturated heterocycles. The third kappa shape index (κ3) is 3.25. The Morgan fingerprint density at radius 1 is 1.06 bits per heavy atom. The minimum atomic E-state index is -0.428. The number of alkyl halides is 1. The highest BCUT2D eigenvalue weighted by atomic mass is 79.9. The number of hydrogen-bond acceptors (Lipinski definition) is 1. The van der Waals surface area contributed by atoms with Gasteiger partial charge in [0.25, 0.3) is 0 Å². The average Bonchev–Trinajstić information content (AvgIpc) is 2.34. The van der Waals surface area contributed by atoms with Crippen LogP contribution < -0.4 is 4.74 Å². The maximum atomic E-state index is 13.7. The zero-order valence-corrected chi connectivity index (χ0v) is 13.0. The Labute approximate surface area is 126 Å². The lowest BCUT2D eigenvalue weighted by atomic mass is 10.2. The van der Waals surface area contributed by atoms with Gasteiger partial charge in [-0.05, 0) is 51.8 Å². The Kier molecular flexibility index (Phi) is 4.65. The van der Waals surface area contributed by atoms with Crippen LogP contribution in [0.15, 0.2) is 45.3 Å². The summed E-state index contributed by atoms with van der Waals surface area (Å²) in [4.78, 5) is 0. The topological polar surface area (TPSA) is 9.23 Å². The minimum absolute atomic E-state index is 0.173. The van der Waals surface area contributed by atoms with Crippen LogP contribution in [0.2, 0.25) is 0 Å². The van der Waals surface area contributed by atoms with Gasteiger partial charge < -0.3 is 4.74 Å². The zero-order valence-electron chi connectivity index (χ0n) is 9.09. The van der Waals surface area contributed by atoms with Crippen molar-refractivity contribution in [2.45, 2.75) is 5.88 Å². The molecule has 0 aliphatic heterocycles. The quantitative estimate of drug-likeness (QED) is 0.591. The highest BCUT2D eigenvalue weighted by Gasteiger charge is 2.08. The van der Waals surface area contributed by atoms with Gasteiger partial charge in [-0.2, -0.15) is 0 Å². The predicted molar refractivity (Wildman–Crippen MR) is 77.9 cm³/mol. The molecule has 5 heteroatoms. The van der Waals surface area contributed by atoms with Gasteiger partial charge >= 0.3 is 0 Å². The van der Waals surface area contributed by atoms with Crippen molar-refractivity contribution in [1.82, 2.24) is 0 Å². The highest BCUT2D eigenvalue weighted by Crippen LogP contribution is 2.33. The summed E-state index contributed by atoms with van der Waals surface area (Å²) < 4.78 is 20.9. The molecule has 2 rings (SSSR count). The monoisotopic (exact) mass is 392 g/mol. The first-order valence-corrected chi connectivity index (χ1v) is 7.19. The van der Waals surface area contributed by atoms with Crippen molar-refractivity contribution >= 4 is 43.5 Å². The fourth-order valence-electron chi connectivity index (χ4n) is 1.39. The minimum Gasteiger partial charge on any atom is -0.453 e. The van der Waals surface area contributed by atoms with Crippen molar-refractivity contribution < 1.29 is 9.13 Å². The SMILES string of the molecule is Fc1cc(CCl)ccc1Oc1ccc(Br)cc1Br. The van der Waals surface area contributed by atoms with Crippen LogP contribution >= 0.6 is 43.5 Å². The van der Waals surface area contributed by atoms with Gasteiger partial charge in [0.2, 0.25) is 0 Å². The average molecular weight is 394 g/mol. The lowest BCUT2D eigenvalue weighted by molar-refractivity contribution is 0.439. The Balaban J connectivity index is 2.28. The van der Waals surface area contributed by atoms with Gasteiger partial charge in [-0.3, -0.25) is 0 Å².